The van der Waals surface area contributed by atoms with Crippen LogP contribution in [-0.4, -0.2) is 23.9 Å². The predicted octanol–water partition coefficient (Wildman–Crippen LogP) is 3.96. The van der Waals surface area contributed by atoms with E-state index in [4.69, 9.17) is 0 Å². The zero-order valence-corrected chi connectivity index (χ0v) is 12.4. The number of hydrogen-bond donors (Lipinski definition) is 0. The quantitative estimate of drug-likeness (QED) is 0.827. The first-order valence-electron chi connectivity index (χ1n) is 6.74. The second-order valence-corrected chi connectivity index (χ2v) is 5.90. The number of carbonyl (C=O) groups excluding carboxylic acids is 1. The van der Waals surface area contributed by atoms with Gasteiger partial charge in [-0.15, -0.1) is 0 Å². The number of rotatable bonds is 3. The van der Waals surface area contributed by atoms with E-state index in [0.717, 1.165) is 30.4 Å². The molecule has 0 bridgehead atoms. The molecule has 0 saturated carbocycles. The number of nitrogens with zero attached hydrogens (tertiary/aromatic N) is 1. The highest BCUT2D eigenvalue weighted by Gasteiger charge is 2.24. The van der Waals surface area contributed by atoms with E-state index in [9.17, 15) is 4.79 Å². The number of likely N-dealkylation sites (tertiary alicyclic amines) is 1. The van der Waals surface area contributed by atoms with Crippen molar-refractivity contribution in [3.63, 3.8) is 0 Å². The molecule has 98 valence electrons. The van der Waals surface area contributed by atoms with Gasteiger partial charge < -0.3 is 4.90 Å². The molecule has 2 rings (SSSR count). The largest absolute Gasteiger partial charge is 0.342 e. The van der Waals surface area contributed by atoms with Crippen LogP contribution < -0.4 is 0 Å². The fourth-order valence-corrected chi connectivity index (χ4v) is 3.03. The molecule has 0 aromatic heterocycles. The van der Waals surface area contributed by atoms with Gasteiger partial charge in [-0.05, 0) is 37.0 Å². The second-order valence-electron chi connectivity index (χ2n) is 4.98. The van der Waals surface area contributed by atoms with Crippen molar-refractivity contribution in [3.8, 4) is 0 Å². The van der Waals surface area contributed by atoms with Crippen molar-refractivity contribution in [2.75, 3.05) is 13.1 Å². The normalized spacial score (nSPS) is 19.9. The van der Waals surface area contributed by atoms with Gasteiger partial charge in [0.15, 0.2) is 0 Å². The summed E-state index contributed by atoms with van der Waals surface area (Å²) in [5.74, 6) is 0.814. The van der Waals surface area contributed by atoms with Gasteiger partial charge >= 0.3 is 0 Å². The molecular formula is C15H20BrNO. The molecule has 1 aliphatic heterocycles. The van der Waals surface area contributed by atoms with Gasteiger partial charge in [-0.1, -0.05) is 35.0 Å². The van der Waals surface area contributed by atoms with Gasteiger partial charge in [0.05, 0.1) is 0 Å². The Bertz CT molecular complexity index is 419. The maximum Gasteiger partial charge on any atom is 0.222 e. The molecule has 1 heterocycles. The molecule has 0 spiro atoms. The molecule has 3 heteroatoms. The van der Waals surface area contributed by atoms with Crippen molar-refractivity contribution >= 4 is 21.8 Å². The van der Waals surface area contributed by atoms with E-state index < -0.39 is 0 Å². The minimum absolute atomic E-state index is 0.317. The molecule has 1 aliphatic rings. The lowest BCUT2D eigenvalue weighted by atomic mass is 9.90. The number of amides is 1. The number of piperidine rings is 1. The van der Waals surface area contributed by atoms with Crippen LogP contribution in [-0.2, 0) is 4.79 Å². The third-order valence-corrected chi connectivity index (χ3v) is 4.05. The Kier molecular flexibility index (Phi) is 4.81. The van der Waals surface area contributed by atoms with Crippen LogP contribution in [0.2, 0.25) is 0 Å². The van der Waals surface area contributed by atoms with Crippen LogP contribution in [0.4, 0.5) is 0 Å². The maximum atomic E-state index is 12.0. The molecule has 0 aliphatic carbocycles. The van der Waals surface area contributed by atoms with Crippen molar-refractivity contribution in [3.05, 3.63) is 34.3 Å². The van der Waals surface area contributed by atoms with E-state index >= 15 is 0 Å². The first-order valence-corrected chi connectivity index (χ1v) is 7.53. The van der Waals surface area contributed by atoms with Crippen molar-refractivity contribution in [2.24, 2.45) is 0 Å². The predicted molar refractivity (Wildman–Crippen MR) is 77.6 cm³/mol. The summed E-state index contributed by atoms with van der Waals surface area (Å²) >= 11 is 3.52. The van der Waals surface area contributed by atoms with Crippen LogP contribution in [0.3, 0.4) is 0 Å². The van der Waals surface area contributed by atoms with Crippen molar-refractivity contribution < 1.29 is 4.79 Å². The molecule has 18 heavy (non-hydrogen) atoms. The maximum absolute atomic E-state index is 12.0. The summed E-state index contributed by atoms with van der Waals surface area (Å²) in [6, 6.07) is 8.47. The minimum atomic E-state index is 0.317. The monoisotopic (exact) mass is 309 g/mol. The topological polar surface area (TPSA) is 20.3 Å². The first kappa shape index (κ1) is 13.6. The molecule has 1 saturated heterocycles. The highest BCUT2D eigenvalue weighted by atomic mass is 79.9. The second kappa shape index (κ2) is 6.37. The van der Waals surface area contributed by atoms with Gasteiger partial charge in [-0.3, -0.25) is 4.79 Å². The highest BCUT2D eigenvalue weighted by molar-refractivity contribution is 9.10. The van der Waals surface area contributed by atoms with Gasteiger partial charge in [0, 0.05) is 29.9 Å². The first-order chi connectivity index (χ1) is 8.70. The van der Waals surface area contributed by atoms with Crippen molar-refractivity contribution in [2.45, 2.75) is 38.5 Å². The molecule has 1 aromatic rings. The van der Waals surface area contributed by atoms with E-state index in [1.54, 1.807) is 0 Å². The lowest BCUT2D eigenvalue weighted by Crippen LogP contribution is -2.38. The Morgan fingerprint density at radius 1 is 1.50 bits per heavy atom. The molecular weight excluding hydrogens is 290 g/mol. The van der Waals surface area contributed by atoms with Gasteiger partial charge in [-0.25, -0.2) is 0 Å². The Balaban J connectivity index is 2.04. The van der Waals surface area contributed by atoms with E-state index in [0.29, 0.717) is 18.2 Å². The summed E-state index contributed by atoms with van der Waals surface area (Å²) < 4.78 is 1.12. The minimum Gasteiger partial charge on any atom is -0.342 e. The third kappa shape index (κ3) is 3.35. The Morgan fingerprint density at radius 3 is 3.06 bits per heavy atom. The zero-order chi connectivity index (χ0) is 13.0. The Labute approximate surface area is 117 Å². The number of hydrogen-bond acceptors (Lipinski definition) is 1. The molecule has 1 unspecified atom stereocenters. The van der Waals surface area contributed by atoms with Crippen LogP contribution in [0.5, 0.6) is 0 Å². The molecule has 1 aromatic carbocycles. The van der Waals surface area contributed by atoms with Crippen LogP contribution in [0.25, 0.3) is 0 Å². The lowest BCUT2D eigenvalue weighted by molar-refractivity contribution is -0.132. The van der Waals surface area contributed by atoms with Gasteiger partial charge in [0.1, 0.15) is 0 Å². The fourth-order valence-electron chi connectivity index (χ4n) is 2.61. The van der Waals surface area contributed by atoms with E-state index in [2.05, 4.69) is 41.1 Å². The summed E-state index contributed by atoms with van der Waals surface area (Å²) in [5, 5.41) is 0. The lowest BCUT2D eigenvalue weighted by Gasteiger charge is -2.33. The summed E-state index contributed by atoms with van der Waals surface area (Å²) in [5.41, 5.74) is 1.35. The molecule has 1 amide bonds. The molecule has 0 radical (unpaired) electrons. The summed E-state index contributed by atoms with van der Waals surface area (Å²) in [6.07, 6.45) is 3.93. The van der Waals surface area contributed by atoms with E-state index in [1.807, 2.05) is 11.0 Å². The molecule has 2 nitrogen and oxygen atoms in total. The van der Waals surface area contributed by atoms with Crippen LogP contribution in [0.1, 0.15) is 44.1 Å². The number of benzene rings is 1. The van der Waals surface area contributed by atoms with Gasteiger partial charge in [0.2, 0.25) is 5.91 Å². The molecule has 0 N–H and O–H groups in total. The van der Waals surface area contributed by atoms with Crippen molar-refractivity contribution in [1.82, 2.24) is 4.90 Å². The average molecular weight is 310 g/mol. The van der Waals surface area contributed by atoms with E-state index in [1.165, 1.54) is 12.0 Å². The average Bonchev–Trinajstić information content (AvgIpc) is 2.39. The van der Waals surface area contributed by atoms with Crippen LogP contribution in [0.15, 0.2) is 28.7 Å². The third-order valence-electron chi connectivity index (χ3n) is 3.56. The summed E-state index contributed by atoms with van der Waals surface area (Å²) in [4.78, 5) is 14.0. The van der Waals surface area contributed by atoms with Gasteiger partial charge in [0.25, 0.3) is 0 Å². The van der Waals surface area contributed by atoms with E-state index in [-0.39, 0.29) is 0 Å². The SMILES string of the molecule is CCCC(=O)N1CCCC(c2cccc(Br)c2)C1. The highest BCUT2D eigenvalue weighted by Crippen LogP contribution is 2.28. The van der Waals surface area contributed by atoms with Crippen LogP contribution >= 0.6 is 15.9 Å². The standard InChI is InChI=1S/C15H20BrNO/c1-2-5-15(18)17-9-4-7-13(11-17)12-6-3-8-14(16)10-12/h3,6,8,10,13H,2,4-5,7,9,11H2,1H3. The fraction of sp³-hybridized carbons (Fsp3) is 0.533. The Hall–Kier alpha value is -0.830. The smallest absolute Gasteiger partial charge is 0.222 e. The summed E-state index contributed by atoms with van der Waals surface area (Å²) in [6.45, 7) is 3.88. The van der Waals surface area contributed by atoms with Gasteiger partial charge in [-0.2, -0.15) is 0 Å². The van der Waals surface area contributed by atoms with Crippen molar-refractivity contribution in [1.29, 1.82) is 0 Å². The number of halogens is 1. The molecule has 1 fully saturated rings. The summed E-state index contributed by atoms with van der Waals surface area (Å²) in [7, 11) is 0. The number of carbonyl (C=O) groups is 1. The zero-order valence-electron chi connectivity index (χ0n) is 10.9. The van der Waals surface area contributed by atoms with Crippen LogP contribution in [0, 0.1) is 0 Å². The Morgan fingerprint density at radius 2 is 2.33 bits per heavy atom. The molecule has 1 atom stereocenters.